The second-order valence-electron chi connectivity index (χ2n) is 8.10. The van der Waals surface area contributed by atoms with Crippen LogP contribution in [0.2, 0.25) is 0 Å². The molecule has 3 aliphatic rings. The third-order valence-corrected chi connectivity index (χ3v) is 9.01. The molecule has 5 nitrogen and oxygen atoms in total. The van der Waals surface area contributed by atoms with Crippen LogP contribution in [-0.4, -0.2) is 26.9 Å². The molecule has 0 radical (unpaired) electrons. The first kappa shape index (κ1) is 21.7. The van der Waals surface area contributed by atoms with Crippen molar-refractivity contribution in [3.63, 3.8) is 0 Å². The summed E-state index contributed by atoms with van der Waals surface area (Å²) >= 11 is 6.42. The van der Waals surface area contributed by atoms with E-state index >= 15 is 0 Å². The number of ketones is 1. The molecule has 1 fully saturated rings. The van der Waals surface area contributed by atoms with Crippen LogP contribution in [0.25, 0.3) is 5.70 Å². The highest BCUT2D eigenvalue weighted by molar-refractivity contribution is 9.10. The second-order valence-corrected chi connectivity index (χ2v) is 11.0. The summed E-state index contributed by atoms with van der Waals surface area (Å²) in [6.45, 7) is 0. The lowest BCUT2D eigenvalue weighted by Crippen LogP contribution is -2.51. The minimum atomic E-state index is -1.41. The van der Waals surface area contributed by atoms with Crippen molar-refractivity contribution >= 4 is 67.9 Å². The number of hydrogen-bond donors (Lipinski definition) is 1. The normalized spacial score (nSPS) is 23.6. The third-order valence-electron chi connectivity index (χ3n) is 6.13. The third kappa shape index (κ3) is 3.35. The molecule has 1 saturated heterocycles. The summed E-state index contributed by atoms with van der Waals surface area (Å²) in [6, 6.07) is 25.6. The molecule has 0 aliphatic carbocycles. The largest absolute Gasteiger partial charge is 0.323 e. The number of amidine groups is 1. The minimum Gasteiger partial charge on any atom is -0.323 e. The van der Waals surface area contributed by atoms with Gasteiger partial charge in [0.05, 0.1) is 16.7 Å². The van der Waals surface area contributed by atoms with E-state index in [9.17, 15) is 9.59 Å². The molecule has 1 spiro atoms. The molecule has 0 aromatic heterocycles. The Morgan fingerprint density at radius 2 is 1.71 bits per heavy atom. The van der Waals surface area contributed by atoms with Crippen LogP contribution in [0.4, 0.5) is 5.69 Å². The summed E-state index contributed by atoms with van der Waals surface area (Å²) in [5.41, 5.74) is 2.89. The van der Waals surface area contributed by atoms with Gasteiger partial charge in [0.2, 0.25) is 5.54 Å². The van der Waals surface area contributed by atoms with Crippen LogP contribution in [0.5, 0.6) is 0 Å². The van der Waals surface area contributed by atoms with Crippen LogP contribution >= 0.6 is 39.6 Å². The van der Waals surface area contributed by atoms with Crippen LogP contribution in [0, 0.1) is 0 Å². The van der Waals surface area contributed by atoms with Crippen LogP contribution in [0.3, 0.4) is 0 Å². The van der Waals surface area contributed by atoms with Gasteiger partial charge in [0.15, 0.2) is 11.0 Å². The molecule has 34 heavy (non-hydrogen) atoms. The van der Waals surface area contributed by atoms with E-state index in [0.717, 1.165) is 21.3 Å². The van der Waals surface area contributed by atoms with Crippen LogP contribution in [-0.2, 0) is 15.1 Å². The van der Waals surface area contributed by atoms with E-state index < -0.39 is 5.54 Å². The summed E-state index contributed by atoms with van der Waals surface area (Å²) in [5.74, 6) is -0.225. The summed E-state index contributed by atoms with van der Waals surface area (Å²) in [4.78, 5) is 31.7. The van der Waals surface area contributed by atoms with Crippen molar-refractivity contribution in [2.75, 3.05) is 11.1 Å². The molecule has 3 heterocycles. The number of halogens is 1. The van der Waals surface area contributed by atoms with E-state index in [-0.39, 0.29) is 22.7 Å². The average molecular weight is 548 g/mol. The van der Waals surface area contributed by atoms with Crippen molar-refractivity contribution in [1.82, 2.24) is 4.31 Å². The molecular weight excluding hydrogens is 530 g/mol. The Hall–Kier alpha value is -2.81. The highest BCUT2D eigenvalue weighted by Gasteiger charge is 2.62. The van der Waals surface area contributed by atoms with Gasteiger partial charge in [-0.15, -0.1) is 0 Å². The molecule has 3 aromatic rings. The number of carbonyl (C=O) groups excluding carboxylic acids is 2. The zero-order chi connectivity index (χ0) is 23.3. The topological polar surface area (TPSA) is 61.8 Å². The SMILES string of the molecule is O=C1CSN(C2=NC(c3ccccc3)=CC(c3ccc(Br)cc3)S2)C12C(=O)Nc1ccccc12. The maximum absolute atomic E-state index is 13.4. The first-order valence-electron chi connectivity index (χ1n) is 10.7. The lowest BCUT2D eigenvalue weighted by atomic mass is 9.87. The summed E-state index contributed by atoms with van der Waals surface area (Å²) in [6.07, 6.45) is 2.14. The fraction of sp³-hybridized carbons (Fsp3) is 0.115. The average Bonchev–Trinajstić information content (AvgIpc) is 3.37. The van der Waals surface area contributed by atoms with E-state index in [1.165, 1.54) is 11.9 Å². The van der Waals surface area contributed by atoms with E-state index in [2.05, 4.69) is 39.5 Å². The zero-order valence-electron chi connectivity index (χ0n) is 17.8. The smallest absolute Gasteiger partial charge is 0.263 e. The van der Waals surface area contributed by atoms with E-state index in [1.807, 2.05) is 71.0 Å². The number of Topliss-reactive ketones (excluding diaryl/α,β-unsaturated/α-hetero) is 1. The Balaban J connectivity index is 1.49. The van der Waals surface area contributed by atoms with Gasteiger partial charge in [0.1, 0.15) is 0 Å². The first-order valence-corrected chi connectivity index (χ1v) is 13.3. The second kappa shape index (κ2) is 8.45. The van der Waals surface area contributed by atoms with E-state index in [1.54, 1.807) is 11.8 Å². The monoisotopic (exact) mass is 547 g/mol. The number of carbonyl (C=O) groups is 2. The van der Waals surface area contributed by atoms with Crippen molar-refractivity contribution in [3.8, 4) is 0 Å². The molecular formula is C26H18BrN3O2S2. The quantitative estimate of drug-likeness (QED) is 0.314. The minimum absolute atomic E-state index is 0.0242. The molecule has 8 heteroatoms. The molecule has 3 aliphatic heterocycles. The fourth-order valence-corrected chi connectivity index (χ4v) is 7.23. The predicted octanol–water partition coefficient (Wildman–Crippen LogP) is 6.01. The van der Waals surface area contributed by atoms with Gasteiger partial charge in [-0.25, -0.2) is 4.99 Å². The number of rotatable bonds is 2. The zero-order valence-corrected chi connectivity index (χ0v) is 21.0. The number of fused-ring (bicyclic) bond motifs is 2. The van der Waals surface area contributed by atoms with Crippen LogP contribution < -0.4 is 5.32 Å². The molecule has 2 unspecified atom stereocenters. The summed E-state index contributed by atoms with van der Waals surface area (Å²) < 4.78 is 2.85. The van der Waals surface area contributed by atoms with Gasteiger partial charge in [-0.05, 0) is 47.3 Å². The maximum Gasteiger partial charge on any atom is 0.263 e. The summed E-state index contributed by atoms with van der Waals surface area (Å²) in [7, 11) is 0. The number of hydrogen-bond acceptors (Lipinski definition) is 6. The predicted molar refractivity (Wildman–Crippen MR) is 142 cm³/mol. The van der Waals surface area contributed by atoms with Crippen molar-refractivity contribution in [3.05, 3.63) is 106 Å². The lowest BCUT2D eigenvalue weighted by molar-refractivity contribution is -0.133. The Morgan fingerprint density at radius 3 is 2.50 bits per heavy atom. The Kier molecular flexibility index (Phi) is 5.39. The van der Waals surface area contributed by atoms with Crippen LogP contribution in [0.15, 0.2) is 94.4 Å². The number of nitrogens with zero attached hydrogens (tertiary/aromatic N) is 2. The lowest BCUT2D eigenvalue weighted by Gasteiger charge is -2.34. The fourth-order valence-electron chi connectivity index (χ4n) is 4.49. The van der Waals surface area contributed by atoms with Crippen molar-refractivity contribution in [1.29, 1.82) is 0 Å². The molecule has 1 amide bonds. The number of thioether (sulfide) groups is 1. The molecule has 0 saturated carbocycles. The number of benzene rings is 3. The number of aliphatic imine (C=N–C) groups is 1. The molecule has 2 atom stereocenters. The van der Waals surface area contributed by atoms with Crippen LogP contribution in [0.1, 0.15) is 21.9 Å². The van der Waals surface area contributed by atoms with Gasteiger partial charge in [-0.3, -0.25) is 13.9 Å². The molecule has 168 valence electrons. The number of anilines is 1. The van der Waals surface area contributed by atoms with Gasteiger partial charge in [-0.2, -0.15) is 0 Å². The van der Waals surface area contributed by atoms with Crippen molar-refractivity contribution in [2.45, 2.75) is 10.8 Å². The Labute approximate surface area is 214 Å². The van der Waals surface area contributed by atoms with Crippen molar-refractivity contribution < 1.29 is 9.59 Å². The number of para-hydroxylation sites is 1. The Bertz CT molecular complexity index is 1370. The molecule has 0 bridgehead atoms. The molecule has 3 aromatic carbocycles. The first-order chi connectivity index (χ1) is 16.6. The maximum atomic E-state index is 13.4. The van der Waals surface area contributed by atoms with Gasteiger partial charge in [0.25, 0.3) is 5.91 Å². The highest BCUT2D eigenvalue weighted by atomic mass is 79.9. The van der Waals surface area contributed by atoms with Gasteiger partial charge >= 0.3 is 0 Å². The molecule has 6 rings (SSSR count). The molecule has 1 N–H and O–H groups in total. The van der Waals surface area contributed by atoms with Gasteiger partial charge in [-0.1, -0.05) is 88.4 Å². The van der Waals surface area contributed by atoms with E-state index in [0.29, 0.717) is 16.4 Å². The summed E-state index contributed by atoms with van der Waals surface area (Å²) in [5, 5.41) is 3.55. The standard InChI is InChI=1S/C26H18BrN3O2S2/c27-18-12-10-17(11-13-18)22-14-21(16-6-2-1-3-7-16)29-25(34-22)30-26(23(31)15-33-30)19-8-4-5-9-20(19)28-24(26)32/h1-14,22H,15H2,(H,28,32). The highest BCUT2D eigenvalue weighted by Crippen LogP contribution is 2.52. The Morgan fingerprint density at radius 1 is 0.971 bits per heavy atom. The van der Waals surface area contributed by atoms with Gasteiger partial charge in [0, 0.05) is 15.7 Å². The van der Waals surface area contributed by atoms with E-state index in [4.69, 9.17) is 4.99 Å². The van der Waals surface area contributed by atoms with Crippen molar-refractivity contribution in [2.24, 2.45) is 4.99 Å². The number of amides is 1. The number of nitrogens with one attached hydrogen (secondary N) is 1. The van der Waals surface area contributed by atoms with Gasteiger partial charge < -0.3 is 5.32 Å².